The van der Waals surface area contributed by atoms with E-state index in [0.29, 0.717) is 5.92 Å². The van der Waals surface area contributed by atoms with Gasteiger partial charge in [0.25, 0.3) is 0 Å². The monoisotopic (exact) mass is 312 g/mol. The summed E-state index contributed by atoms with van der Waals surface area (Å²) in [5, 5.41) is 12.5. The Kier molecular flexibility index (Phi) is 4.07. The molecule has 0 saturated carbocycles. The van der Waals surface area contributed by atoms with Crippen LogP contribution < -0.4 is 5.32 Å². The van der Waals surface area contributed by atoms with Crippen molar-refractivity contribution in [1.82, 2.24) is 24.4 Å². The molecule has 1 N–H and O–H groups in total. The second-order valence-corrected chi connectivity index (χ2v) is 6.48. The van der Waals surface area contributed by atoms with E-state index in [2.05, 4.69) is 60.3 Å². The van der Waals surface area contributed by atoms with Crippen molar-refractivity contribution in [2.24, 2.45) is 0 Å². The summed E-state index contributed by atoms with van der Waals surface area (Å²) < 4.78 is 3.89. The minimum absolute atomic E-state index is 0.225. The van der Waals surface area contributed by atoms with Gasteiger partial charge in [0, 0.05) is 29.6 Å². The highest BCUT2D eigenvalue weighted by Gasteiger charge is 2.12. The molecule has 0 aliphatic carbocycles. The first-order valence-electron chi connectivity index (χ1n) is 8.06. The second-order valence-electron chi connectivity index (χ2n) is 6.48. The first-order valence-corrected chi connectivity index (χ1v) is 8.06. The third-order valence-electron chi connectivity index (χ3n) is 3.92. The number of rotatable bonds is 5. The smallest absolute Gasteiger partial charge is 0.157 e. The highest BCUT2D eigenvalue weighted by molar-refractivity contribution is 5.50. The first kappa shape index (κ1) is 15.5. The Bertz CT molecular complexity index is 814. The zero-order valence-electron chi connectivity index (χ0n) is 14.4. The zero-order chi connectivity index (χ0) is 16.6. The lowest BCUT2D eigenvalue weighted by atomic mass is 10.1. The summed E-state index contributed by atoms with van der Waals surface area (Å²) in [6.07, 6.45) is 1.78. The van der Waals surface area contributed by atoms with Gasteiger partial charge in [-0.1, -0.05) is 13.8 Å². The molecule has 0 aliphatic rings. The van der Waals surface area contributed by atoms with Gasteiger partial charge in [0.15, 0.2) is 5.65 Å². The summed E-state index contributed by atoms with van der Waals surface area (Å²) in [5.74, 6) is 1.35. The van der Waals surface area contributed by atoms with E-state index in [9.17, 15) is 0 Å². The topological polar surface area (TPSA) is 60.0 Å². The molecule has 6 nitrogen and oxygen atoms in total. The maximum absolute atomic E-state index is 4.65. The van der Waals surface area contributed by atoms with Crippen LogP contribution in [0.1, 0.15) is 43.8 Å². The quantitative estimate of drug-likeness (QED) is 0.786. The van der Waals surface area contributed by atoms with E-state index in [1.807, 2.05) is 22.2 Å². The number of hydrogen-bond acceptors (Lipinski definition) is 4. The molecular formula is C17H24N6. The predicted molar refractivity (Wildman–Crippen MR) is 91.9 cm³/mol. The molecular weight excluding hydrogens is 288 g/mol. The Balaban J connectivity index is 1.85. The Morgan fingerprint density at radius 2 is 1.96 bits per heavy atom. The number of nitrogens with zero attached hydrogens (tertiary/aromatic N) is 5. The minimum atomic E-state index is 0.225. The van der Waals surface area contributed by atoms with Gasteiger partial charge in [-0.05, 0) is 32.8 Å². The van der Waals surface area contributed by atoms with Gasteiger partial charge in [0.1, 0.15) is 5.82 Å². The molecule has 23 heavy (non-hydrogen) atoms. The fourth-order valence-corrected chi connectivity index (χ4v) is 2.75. The van der Waals surface area contributed by atoms with Crippen molar-refractivity contribution in [2.45, 2.75) is 53.1 Å². The molecule has 3 rings (SSSR count). The molecule has 0 amide bonds. The van der Waals surface area contributed by atoms with E-state index >= 15 is 0 Å². The number of aryl methyl sites for hydroxylation is 2. The molecule has 3 aromatic heterocycles. The highest BCUT2D eigenvalue weighted by atomic mass is 15.3. The minimum Gasteiger partial charge on any atom is -0.366 e. The third kappa shape index (κ3) is 3.21. The average Bonchev–Trinajstić information content (AvgIpc) is 3.05. The molecule has 0 saturated heterocycles. The number of anilines is 1. The van der Waals surface area contributed by atoms with E-state index in [-0.39, 0.29) is 6.04 Å². The molecule has 1 atom stereocenters. The lowest BCUT2D eigenvalue weighted by Crippen LogP contribution is -2.25. The van der Waals surface area contributed by atoms with Crippen molar-refractivity contribution in [3.05, 3.63) is 41.5 Å². The molecule has 0 aromatic carbocycles. The molecule has 122 valence electrons. The van der Waals surface area contributed by atoms with Gasteiger partial charge in [0.05, 0.1) is 18.4 Å². The summed E-state index contributed by atoms with van der Waals surface area (Å²) in [5.41, 5.74) is 4.17. The average molecular weight is 312 g/mol. The molecule has 0 unspecified atom stereocenters. The molecule has 0 fully saturated rings. The van der Waals surface area contributed by atoms with E-state index in [1.54, 1.807) is 6.20 Å². The van der Waals surface area contributed by atoms with Crippen LogP contribution in [0.25, 0.3) is 5.65 Å². The molecule has 3 heterocycles. The van der Waals surface area contributed by atoms with Crippen molar-refractivity contribution < 1.29 is 0 Å². The van der Waals surface area contributed by atoms with Crippen LogP contribution in [-0.2, 0) is 6.54 Å². The SMILES string of the molecule is Cc1cc(C)n(C[C@H](C)Nc2cc(C(C)C)nc3ccnn23)n1. The van der Waals surface area contributed by atoms with E-state index in [1.165, 1.54) is 5.69 Å². The van der Waals surface area contributed by atoms with Gasteiger partial charge in [-0.2, -0.15) is 14.7 Å². The summed E-state index contributed by atoms with van der Waals surface area (Å²) in [7, 11) is 0. The summed E-state index contributed by atoms with van der Waals surface area (Å²) >= 11 is 0. The van der Waals surface area contributed by atoms with Crippen LogP contribution in [-0.4, -0.2) is 30.4 Å². The van der Waals surface area contributed by atoms with E-state index in [4.69, 9.17) is 0 Å². The third-order valence-corrected chi connectivity index (χ3v) is 3.92. The van der Waals surface area contributed by atoms with Crippen LogP contribution in [0.3, 0.4) is 0 Å². The van der Waals surface area contributed by atoms with E-state index in [0.717, 1.165) is 29.4 Å². The van der Waals surface area contributed by atoms with Gasteiger partial charge in [-0.3, -0.25) is 4.68 Å². The van der Waals surface area contributed by atoms with Crippen LogP contribution >= 0.6 is 0 Å². The van der Waals surface area contributed by atoms with Crippen molar-refractivity contribution in [3.8, 4) is 0 Å². The van der Waals surface area contributed by atoms with Crippen molar-refractivity contribution >= 4 is 11.5 Å². The molecule has 6 heteroatoms. The predicted octanol–water partition coefficient (Wildman–Crippen LogP) is 3.17. The van der Waals surface area contributed by atoms with Crippen molar-refractivity contribution in [3.63, 3.8) is 0 Å². The van der Waals surface area contributed by atoms with Gasteiger partial charge in [-0.15, -0.1) is 0 Å². The summed E-state index contributed by atoms with van der Waals surface area (Å²) in [6.45, 7) is 11.4. The van der Waals surface area contributed by atoms with E-state index < -0.39 is 0 Å². The number of hydrogen-bond donors (Lipinski definition) is 1. The zero-order valence-corrected chi connectivity index (χ0v) is 14.4. The standard InChI is InChI=1S/C17H24N6/c1-11(2)15-9-17(23-16(20-15)6-7-18-23)19-13(4)10-22-14(5)8-12(3)21-22/h6-9,11,13,19H,10H2,1-5H3/t13-/m0/s1. The highest BCUT2D eigenvalue weighted by Crippen LogP contribution is 2.19. The number of fused-ring (bicyclic) bond motifs is 1. The second kappa shape index (κ2) is 6.02. The maximum Gasteiger partial charge on any atom is 0.157 e. The van der Waals surface area contributed by atoms with Gasteiger partial charge < -0.3 is 5.32 Å². The molecule has 0 aliphatic heterocycles. The molecule has 0 radical (unpaired) electrons. The van der Waals surface area contributed by atoms with Crippen LogP contribution in [0.15, 0.2) is 24.4 Å². The summed E-state index contributed by atoms with van der Waals surface area (Å²) in [6, 6.07) is 6.34. The molecule has 0 spiro atoms. The first-order chi connectivity index (χ1) is 10.9. The fourth-order valence-electron chi connectivity index (χ4n) is 2.75. The van der Waals surface area contributed by atoms with Crippen molar-refractivity contribution in [2.75, 3.05) is 5.32 Å². The van der Waals surface area contributed by atoms with Crippen LogP contribution in [0.4, 0.5) is 5.82 Å². The Labute approximate surface area is 136 Å². The van der Waals surface area contributed by atoms with Gasteiger partial charge in [0.2, 0.25) is 0 Å². The Hall–Kier alpha value is -2.37. The molecule has 0 bridgehead atoms. The number of aromatic nitrogens is 5. The fraction of sp³-hybridized carbons (Fsp3) is 0.471. The Morgan fingerprint density at radius 1 is 1.17 bits per heavy atom. The summed E-state index contributed by atoms with van der Waals surface area (Å²) in [4.78, 5) is 4.65. The molecule has 3 aromatic rings. The lowest BCUT2D eigenvalue weighted by molar-refractivity contribution is 0.543. The van der Waals surface area contributed by atoms with Gasteiger partial charge >= 0.3 is 0 Å². The normalized spacial score (nSPS) is 13.0. The van der Waals surface area contributed by atoms with Gasteiger partial charge in [-0.25, -0.2) is 4.98 Å². The van der Waals surface area contributed by atoms with Crippen LogP contribution in [0.2, 0.25) is 0 Å². The Morgan fingerprint density at radius 3 is 2.61 bits per heavy atom. The number of nitrogens with one attached hydrogen (secondary N) is 1. The van der Waals surface area contributed by atoms with Crippen LogP contribution in [0, 0.1) is 13.8 Å². The largest absolute Gasteiger partial charge is 0.366 e. The maximum atomic E-state index is 4.65. The van der Waals surface area contributed by atoms with Crippen LogP contribution in [0.5, 0.6) is 0 Å². The van der Waals surface area contributed by atoms with Crippen molar-refractivity contribution in [1.29, 1.82) is 0 Å². The lowest BCUT2D eigenvalue weighted by Gasteiger charge is -2.18.